The molecule has 0 saturated carbocycles. The molecular weight excluding hydrogens is 312 g/mol. The van der Waals surface area contributed by atoms with E-state index in [-0.39, 0.29) is 5.91 Å². The van der Waals surface area contributed by atoms with E-state index in [1.807, 2.05) is 42.7 Å². The molecule has 1 aromatic carbocycles. The first-order valence-electron chi connectivity index (χ1n) is 8.74. The molecule has 2 aromatic heterocycles. The van der Waals surface area contributed by atoms with Crippen molar-refractivity contribution in [1.82, 2.24) is 19.2 Å². The Balaban J connectivity index is 1.56. The quantitative estimate of drug-likeness (QED) is 0.693. The summed E-state index contributed by atoms with van der Waals surface area (Å²) < 4.78 is 4.09. The molecule has 3 rings (SSSR count). The highest BCUT2D eigenvalue weighted by Gasteiger charge is 2.14. The molecule has 2 heterocycles. The molecule has 0 aliphatic rings. The molecule has 25 heavy (non-hydrogen) atoms. The highest BCUT2D eigenvalue weighted by Crippen LogP contribution is 2.16. The number of fused-ring (bicyclic) bond motifs is 1. The van der Waals surface area contributed by atoms with E-state index < -0.39 is 0 Å². The maximum absolute atomic E-state index is 12.5. The van der Waals surface area contributed by atoms with Crippen molar-refractivity contribution in [2.45, 2.75) is 33.2 Å². The Morgan fingerprint density at radius 3 is 2.68 bits per heavy atom. The van der Waals surface area contributed by atoms with Gasteiger partial charge in [0.25, 0.3) is 0 Å². The molecule has 1 amide bonds. The minimum absolute atomic E-state index is 0.180. The number of carbonyl (C=O) groups is 1. The van der Waals surface area contributed by atoms with Crippen LogP contribution in [0, 0.1) is 13.8 Å². The molecule has 0 fully saturated rings. The van der Waals surface area contributed by atoms with E-state index in [4.69, 9.17) is 0 Å². The third kappa shape index (κ3) is 3.60. The number of hydrogen-bond donors (Lipinski definition) is 0. The highest BCUT2D eigenvalue weighted by atomic mass is 16.2. The van der Waals surface area contributed by atoms with Crippen LogP contribution in [0.3, 0.4) is 0 Å². The van der Waals surface area contributed by atoms with Crippen molar-refractivity contribution in [1.29, 1.82) is 0 Å². The van der Waals surface area contributed by atoms with E-state index >= 15 is 0 Å². The fourth-order valence-electron chi connectivity index (χ4n) is 3.32. The van der Waals surface area contributed by atoms with Gasteiger partial charge in [-0.05, 0) is 43.4 Å². The highest BCUT2D eigenvalue weighted by molar-refractivity contribution is 5.80. The maximum atomic E-state index is 12.5. The van der Waals surface area contributed by atoms with Gasteiger partial charge < -0.3 is 9.47 Å². The Bertz CT molecular complexity index is 890. The third-order valence-electron chi connectivity index (χ3n) is 5.03. The molecule has 132 valence electrons. The Labute approximate surface area is 148 Å². The Kier molecular flexibility index (Phi) is 4.93. The van der Waals surface area contributed by atoms with Crippen molar-refractivity contribution in [3.8, 4) is 0 Å². The summed E-state index contributed by atoms with van der Waals surface area (Å²) in [6.07, 6.45) is 3.36. The van der Waals surface area contributed by atoms with E-state index in [0.29, 0.717) is 13.0 Å². The van der Waals surface area contributed by atoms with Gasteiger partial charge in [0, 0.05) is 51.0 Å². The van der Waals surface area contributed by atoms with Crippen LogP contribution >= 0.6 is 0 Å². The fraction of sp³-hybridized carbons (Fsp3) is 0.400. The van der Waals surface area contributed by atoms with Crippen molar-refractivity contribution in [2.75, 3.05) is 13.6 Å². The van der Waals surface area contributed by atoms with Gasteiger partial charge in [-0.15, -0.1) is 0 Å². The number of carbonyl (C=O) groups excluding carboxylic acids is 1. The van der Waals surface area contributed by atoms with Crippen LogP contribution in [0.4, 0.5) is 0 Å². The summed E-state index contributed by atoms with van der Waals surface area (Å²) in [7, 11) is 3.83. The number of benzene rings is 1. The normalized spacial score (nSPS) is 11.2. The first-order valence-corrected chi connectivity index (χ1v) is 8.74. The monoisotopic (exact) mass is 338 g/mol. The van der Waals surface area contributed by atoms with Gasteiger partial charge in [0.2, 0.25) is 5.91 Å². The standard InChI is InChI=1S/C20H26N4O/c1-15-18(16(2)23(4)21-15)9-10-20(25)22(3)13-14-24-12-11-17-7-5-6-8-19(17)24/h5-8,11-12H,9-10,13-14H2,1-4H3. The number of nitrogens with zero attached hydrogens (tertiary/aromatic N) is 4. The van der Waals surface area contributed by atoms with E-state index in [9.17, 15) is 4.79 Å². The van der Waals surface area contributed by atoms with Crippen LogP contribution in [-0.4, -0.2) is 38.7 Å². The number of likely N-dealkylation sites (N-methyl/N-ethyl adjacent to an activating group) is 1. The van der Waals surface area contributed by atoms with Crippen molar-refractivity contribution < 1.29 is 4.79 Å². The maximum Gasteiger partial charge on any atom is 0.222 e. The second-order valence-corrected chi connectivity index (χ2v) is 6.66. The summed E-state index contributed by atoms with van der Waals surface area (Å²) in [6, 6.07) is 10.4. The third-order valence-corrected chi connectivity index (χ3v) is 5.03. The average Bonchev–Trinajstić information content (AvgIpc) is 3.12. The van der Waals surface area contributed by atoms with Gasteiger partial charge in [0.1, 0.15) is 0 Å². The van der Waals surface area contributed by atoms with Gasteiger partial charge in [-0.25, -0.2) is 0 Å². The van der Waals surface area contributed by atoms with E-state index in [2.05, 4.69) is 41.0 Å². The molecule has 0 atom stereocenters. The van der Waals surface area contributed by atoms with Gasteiger partial charge in [0.05, 0.1) is 5.69 Å². The Morgan fingerprint density at radius 1 is 1.20 bits per heavy atom. The van der Waals surface area contributed by atoms with E-state index in [0.717, 1.165) is 24.4 Å². The van der Waals surface area contributed by atoms with Crippen LogP contribution in [0.1, 0.15) is 23.4 Å². The first kappa shape index (κ1) is 17.3. The smallest absolute Gasteiger partial charge is 0.222 e. The molecule has 5 heteroatoms. The minimum atomic E-state index is 0.180. The van der Waals surface area contributed by atoms with Gasteiger partial charge in [-0.2, -0.15) is 5.10 Å². The molecule has 3 aromatic rings. The second-order valence-electron chi connectivity index (χ2n) is 6.66. The van der Waals surface area contributed by atoms with Crippen LogP contribution in [0.15, 0.2) is 36.5 Å². The lowest BCUT2D eigenvalue weighted by Gasteiger charge is -2.18. The summed E-state index contributed by atoms with van der Waals surface area (Å²) in [5.41, 5.74) is 4.58. The number of aryl methyl sites for hydroxylation is 2. The van der Waals surface area contributed by atoms with Gasteiger partial charge in [-0.3, -0.25) is 9.48 Å². The summed E-state index contributed by atoms with van der Waals surface area (Å²) in [4.78, 5) is 14.3. The molecule has 0 N–H and O–H groups in total. The summed E-state index contributed by atoms with van der Waals surface area (Å²) in [6.45, 7) is 5.58. The molecule has 0 radical (unpaired) electrons. The molecule has 0 aliphatic heterocycles. The lowest BCUT2D eigenvalue weighted by Crippen LogP contribution is -2.30. The summed E-state index contributed by atoms with van der Waals surface area (Å²) >= 11 is 0. The molecule has 0 bridgehead atoms. The second kappa shape index (κ2) is 7.13. The SMILES string of the molecule is Cc1nn(C)c(C)c1CCC(=O)N(C)CCn1ccc2ccccc21. The zero-order valence-corrected chi connectivity index (χ0v) is 15.5. The zero-order chi connectivity index (χ0) is 18.0. The molecule has 5 nitrogen and oxygen atoms in total. The van der Waals surface area contributed by atoms with Crippen LogP contribution in [0.25, 0.3) is 10.9 Å². The van der Waals surface area contributed by atoms with Gasteiger partial charge >= 0.3 is 0 Å². The van der Waals surface area contributed by atoms with Gasteiger partial charge in [0.15, 0.2) is 0 Å². The van der Waals surface area contributed by atoms with Crippen molar-refractivity contribution in [3.05, 3.63) is 53.5 Å². The van der Waals surface area contributed by atoms with E-state index in [1.54, 1.807) is 0 Å². The summed E-state index contributed by atoms with van der Waals surface area (Å²) in [5, 5.41) is 5.66. The molecule has 0 saturated heterocycles. The number of rotatable bonds is 6. The Morgan fingerprint density at radius 2 is 1.96 bits per heavy atom. The topological polar surface area (TPSA) is 43.1 Å². The Hall–Kier alpha value is -2.56. The van der Waals surface area contributed by atoms with Crippen molar-refractivity contribution >= 4 is 16.8 Å². The van der Waals surface area contributed by atoms with Crippen LogP contribution < -0.4 is 0 Å². The number of hydrogen-bond acceptors (Lipinski definition) is 2. The molecule has 0 unspecified atom stereocenters. The number of para-hydroxylation sites is 1. The number of aromatic nitrogens is 3. The fourth-order valence-corrected chi connectivity index (χ4v) is 3.32. The van der Waals surface area contributed by atoms with E-state index in [1.165, 1.54) is 16.5 Å². The molecular formula is C20H26N4O. The lowest BCUT2D eigenvalue weighted by molar-refractivity contribution is -0.129. The summed E-state index contributed by atoms with van der Waals surface area (Å²) in [5.74, 6) is 0.180. The predicted octanol–water partition coefficient (Wildman–Crippen LogP) is 3.08. The van der Waals surface area contributed by atoms with Crippen LogP contribution in [0.2, 0.25) is 0 Å². The lowest BCUT2D eigenvalue weighted by atomic mass is 10.1. The predicted molar refractivity (Wildman–Crippen MR) is 101 cm³/mol. The largest absolute Gasteiger partial charge is 0.346 e. The average molecular weight is 338 g/mol. The van der Waals surface area contributed by atoms with Gasteiger partial charge in [-0.1, -0.05) is 18.2 Å². The van der Waals surface area contributed by atoms with Crippen molar-refractivity contribution in [3.63, 3.8) is 0 Å². The number of amides is 1. The molecule has 0 aliphatic carbocycles. The minimum Gasteiger partial charge on any atom is -0.346 e. The van der Waals surface area contributed by atoms with Crippen molar-refractivity contribution in [2.24, 2.45) is 7.05 Å². The zero-order valence-electron chi connectivity index (χ0n) is 15.5. The van der Waals surface area contributed by atoms with Crippen LogP contribution in [0.5, 0.6) is 0 Å². The van der Waals surface area contributed by atoms with Crippen LogP contribution in [-0.2, 0) is 24.8 Å². The first-order chi connectivity index (χ1) is 12.0. The molecule has 0 spiro atoms.